The summed E-state index contributed by atoms with van der Waals surface area (Å²) in [4.78, 5) is 27.6. The van der Waals surface area contributed by atoms with Crippen LogP contribution >= 0.6 is 0 Å². The predicted molar refractivity (Wildman–Crippen MR) is 109 cm³/mol. The molecule has 1 saturated heterocycles. The molecule has 0 saturated carbocycles. The van der Waals surface area contributed by atoms with E-state index >= 15 is 0 Å². The number of nitrogens with zero attached hydrogens (tertiary/aromatic N) is 1. The molecule has 0 bridgehead atoms. The van der Waals surface area contributed by atoms with Crippen molar-refractivity contribution in [2.24, 2.45) is 5.92 Å². The number of nitrogens with one attached hydrogen (secondary N) is 2. The normalized spacial score (nSPS) is 21.3. The molecule has 1 aromatic rings. The largest absolute Gasteiger partial charge is 0.463 e. The Morgan fingerprint density at radius 1 is 1.25 bits per heavy atom. The first-order chi connectivity index (χ1) is 13.4. The van der Waals surface area contributed by atoms with Crippen molar-refractivity contribution in [1.82, 2.24) is 15.5 Å². The van der Waals surface area contributed by atoms with Gasteiger partial charge >= 0.3 is 12.0 Å². The fourth-order valence-corrected chi connectivity index (χ4v) is 4.02. The molecule has 0 aromatic heterocycles. The van der Waals surface area contributed by atoms with Crippen molar-refractivity contribution in [3.8, 4) is 0 Å². The van der Waals surface area contributed by atoms with Crippen LogP contribution in [0.25, 0.3) is 0 Å². The zero-order chi connectivity index (χ0) is 20.3. The predicted octanol–water partition coefficient (Wildman–Crippen LogP) is 3.21. The Labute approximate surface area is 167 Å². The number of ether oxygens (including phenoxy) is 1. The lowest BCUT2D eigenvalue weighted by Crippen LogP contribution is -2.49. The first-order valence-electron chi connectivity index (χ1n) is 10.2. The summed E-state index contributed by atoms with van der Waals surface area (Å²) in [5, 5.41) is 5.81. The van der Waals surface area contributed by atoms with Crippen molar-refractivity contribution in [2.45, 2.75) is 46.6 Å². The minimum absolute atomic E-state index is 0.279. The highest BCUT2D eigenvalue weighted by Gasteiger charge is 2.35. The number of aryl methyl sites for hydroxylation is 2. The number of amides is 2. The summed E-state index contributed by atoms with van der Waals surface area (Å²) in [6.07, 6.45) is 2.27. The van der Waals surface area contributed by atoms with E-state index in [2.05, 4.69) is 28.5 Å². The maximum atomic E-state index is 12.9. The average Bonchev–Trinajstić information content (AvgIpc) is 2.63. The second-order valence-electron chi connectivity index (χ2n) is 7.96. The van der Waals surface area contributed by atoms with Gasteiger partial charge in [-0.25, -0.2) is 9.59 Å². The molecule has 0 unspecified atom stereocenters. The minimum Gasteiger partial charge on any atom is -0.463 e. The first kappa shape index (κ1) is 20.4. The zero-order valence-corrected chi connectivity index (χ0v) is 17.3. The van der Waals surface area contributed by atoms with E-state index in [1.54, 1.807) is 6.92 Å². The van der Waals surface area contributed by atoms with Gasteiger partial charge in [0.05, 0.1) is 18.2 Å². The van der Waals surface area contributed by atoms with Crippen molar-refractivity contribution < 1.29 is 14.3 Å². The van der Waals surface area contributed by atoms with Crippen molar-refractivity contribution >= 4 is 12.0 Å². The van der Waals surface area contributed by atoms with E-state index in [1.807, 2.05) is 26.0 Å². The number of hydrogen-bond acceptors (Lipinski definition) is 4. The summed E-state index contributed by atoms with van der Waals surface area (Å²) in [6.45, 7) is 10.9. The van der Waals surface area contributed by atoms with E-state index in [0.717, 1.165) is 48.5 Å². The highest BCUT2D eigenvalue weighted by Crippen LogP contribution is 2.31. The molecule has 2 aliphatic rings. The van der Waals surface area contributed by atoms with Crippen LogP contribution in [0.1, 0.15) is 49.4 Å². The third kappa shape index (κ3) is 4.55. The van der Waals surface area contributed by atoms with Crippen LogP contribution in [0.3, 0.4) is 0 Å². The van der Waals surface area contributed by atoms with E-state index in [-0.39, 0.29) is 12.0 Å². The maximum absolute atomic E-state index is 12.9. The quantitative estimate of drug-likeness (QED) is 0.764. The molecule has 2 heterocycles. The minimum atomic E-state index is -0.507. The van der Waals surface area contributed by atoms with Crippen molar-refractivity contribution in [2.75, 3.05) is 26.2 Å². The molecule has 0 radical (unpaired) electrons. The van der Waals surface area contributed by atoms with E-state index in [4.69, 9.17) is 4.74 Å². The van der Waals surface area contributed by atoms with E-state index in [0.29, 0.717) is 24.4 Å². The number of esters is 1. The Morgan fingerprint density at radius 2 is 1.96 bits per heavy atom. The van der Waals surface area contributed by atoms with E-state index in [1.165, 1.54) is 0 Å². The third-order valence-electron chi connectivity index (χ3n) is 5.64. The lowest BCUT2D eigenvalue weighted by molar-refractivity contribution is -0.139. The molecule has 6 nitrogen and oxygen atoms in total. The molecule has 6 heteroatoms. The Hall–Kier alpha value is -2.34. The first-order valence-corrected chi connectivity index (χ1v) is 10.2. The number of urea groups is 1. The van der Waals surface area contributed by atoms with Crippen LogP contribution in [-0.2, 0) is 9.53 Å². The van der Waals surface area contributed by atoms with Gasteiger partial charge in [-0.3, -0.25) is 4.90 Å². The van der Waals surface area contributed by atoms with Gasteiger partial charge in [0.15, 0.2) is 0 Å². The van der Waals surface area contributed by atoms with Crippen LogP contribution in [0.5, 0.6) is 0 Å². The Morgan fingerprint density at radius 3 is 2.61 bits per heavy atom. The lowest BCUT2D eigenvalue weighted by atomic mass is 9.91. The van der Waals surface area contributed by atoms with Gasteiger partial charge in [-0.05, 0) is 63.7 Å². The van der Waals surface area contributed by atoms with Crippen LogP contribution in [-0.4, -0.2) is 43.1 Å². The molecule has 2 N–H and O–H groups in total. The summed E-state index contributed by atoms with van der Waals surface area (Å²) in [7, 11) is 0. The molecule has 1 fully saturated rings. The van der Waals surface area contributed by atoms with Crippen LogP contribution < -0.4 is 10.6 Å². The zero-order valence-electron chi connectivity index (χ0n) is 17.3. The van der Waals surface area contributed by atoms with Crippen molar-refractivity contribution in [3.05, 3.63) is 46.2 Å². The van der Waals surface area contributed by atoms with Crippen LogP contribution in [0.15, 0.2) is 29.5 Å². The van der Waals surface area contributed by atoms with Gasteiger partial charge in [-0.15, -0.1) is 0 Å². The summed E-state index contributed by atoms with van der Waals surface area (Å²) >= 11 is 0. The molecule has 3 rings (SSSR count). The van der Waals surface area contributed by atoms with Crippen molar-refractivity contribution in [1.29, 1.82) is 0 Å². The SMILES string of the molecule is CCOC(=O)C1=C(CN2CCC(C)CC2)NC(=O)N[C@H]1c1ccc(C)cc1C. The van der Waals surface area contributed by atoms with Gasteiger partial charge in [0, 0.05) is 12.2 Å². The average molecular weight is 386 g/mol. The number of rotatable bonds is 5. The molecule has 1 atom stereocenters. The topological polar surface area (TPSA) is 70.7 Å². The van der Waals surface area contributed by atoms with Gasteiger partial charge in [-0.2, -0.15) is 0 Å². The van der Waals surface area contributed by atoms with Gasteiger partial charge in [0.2, 0.25) is 0 Å². The summed E-state index contributed by atoms with van der Waals surface area (Å²) in [6, 6.07) is 5.27. The molecule has 0 spiro atoms. The van der Waals surface area contributed by atoms with Gasteiger partial charge in [0.1, 0.15) is 0 Å². The highest BCUT2D eigenvalue weighted by molar-refractivity contribution is 5.95. The van der Waals surface area contributed by atoms with Crippen molar-refractivity contribution in [3.63, 3.8) is 0 Å². The number of carbonyl (C=O) groups excluding carboxylic acids is 2. The highest BCUT2D eigenvalue weighted by atomic mass is 16.5. The Balaban J connectivity index is 1.99. The summed E-state index contributed by atoms with van der Waals surface area (Å²) in [5.74, 6) is 0.348. The van der Waals surface area contributed by atoms with Crippen LogP contribution in [0.2, 0.25) is 0 Å². The second kappa shape index (κ2) is 8.78. The lowest BCUT2D eigenvalue weighted by Gasteiger charge is -2.35. The Bertz CT molecular complexity index is 779. The third-order valence-corrected chi connectivity index (χ3v) is 5.64. The Kier molecular flexibility index (Phi) is 6.39. The number of piperidine rings is 1. The van der Waals surface area contributed by atoms with Gasteiger partial charge in [0.25, 0.3) is 0 Å². The standard InChI is InChI=1S/C22H31N3O3/c1-5-28-21(26)19-18(13-25-10-8-14(2)9-11-25)23-22(27)24-20(19)17-7-6-15(3)12-16(17)4/h6-7,12,14,20H,5,8-11,13H2,1-4H3,(H2,23,24,27)/t20-/m0/s1. The van der Waals surface area contributed by atoms with E-state index < -0.39 is 6.04 Å². The fraction of sp³-hybridized carbons (Fsp3) is 0.545. The van der Waals surface area contributed by atoms with Crippen LogP contribution in [0, 0.1) is 19.8 Å². The number of benzene rings is 1. The molecule has 2 aliphatic heterocycles. The molecule has 1 aromatic carbocycles. The van der Waals surface area contributed by atoms with Gasteiger partial charge < -0.3 is 15.4 Å². The maximum Gasteiger partial charge on any atom is 0.338 e. The van der Waals surface area contributed by atoms with E-state index in [9.17, 15) is 9.59 Å². The molecular weight excluding hydrogens is 354 g/mol. The van der Waals surface area contributed by atoms with Crippen LogP contribution in [0.4, 0.5) is 4.79 Å². The monoisotopic (exact) mass is 385 g/mol. The summed E-state index contributed by atoms with van der Waals surface area (Å²) < 4.78 is 5.36. The summed E-state index contributed by atoms with van der Waals surface area (Å²) in [5.41, 5.74) is 4.27. The molecule has 28 heavy (non-hydrogen) atoms. The second-order valence-corrected chi connectivity index (χ2v) is 7.96. The molecule has 0 aliphatic carbocycles. The number of likely N-dealkylation sites (tertiary alicyclic amines) is 1. The smallest absolute Gasteiger partial charge is 0.338 e. The molecule has 2 amide bonds. The fourth-order valence-electron chi connectivity index (χ4n) is 4.02. The molecular formula is C22H31N3O3. The number of hydrogen-bond donors (Lipinski definition) is 2. The van der Waals surface area contributed by atoms with Gasteiger partial charge in [-0.1, -0.05) is 30.7 Å². The number of carbonyl (C=O) groups is 2. The molecule has 152 valence electrons.